The van der Waals surface area contributed by atoms with Crippen molar-refractivity contribution in [1.29, 1.82) is 0 Å². The Hall–Kier alpha value is -1.69. The number of nitrogens with zero attached hydrogens (tertiary/aromatic N) is 1. The van der Waals surface area contributed by atoms with Gasteiger partial charge in [0.15, 0.2) is 0 Å². The molecule has 1 aliphatic rings. The Morgan fingerprint density at radius 3 is 2.57 bits per heavy atom. The van der Waals surface area contributed by atoms with Crippen LogP contribution in [0.25, 0.3) is 0 Å². The smallest absolute Gasteiger partial charge is 0.387 e. The quantitative estimate of drug-likeness (QED) is 0.929. The number of alkyl halides is 2. The molecule has 2 unspecified atom stereocenters. The maximum atomic E-state index is 12.5. The summed E-state index contributed by atoms with van der Waals surface area (Å²) in [5.41, 5.74) is 6.42. The van der Waals surface area contributed by atoms with Crippen molar-refractivity contribution in [3.8, 4) is 5.75 Å². The highest BCUT2D eigenvalue weighted by Crippen LogP contribution is 2.22. The monoisotopic (exact) mass is 298 g/mol. The van der Waals surface area contributed by atoms with Gasteiger partial charge in [-0.2, -0.15) is 8.78 Å². The molecule has 1 amide bonds. The summed E-state index contributed by atoms with van der Waals surface area (Å²) in [6, 6.07) is 5.72. The van der Waals surface area contributed by atoms with E-state index in [1.54, 1.807) is 4.90 Å². The highest BCUT2D eigenvalue weighted by Gasteiger charge is 2.29. The van der Waals surface area contributed by atoms with Crippen molar-refractivity contribution in [1.82, 2.24) is 4.90 Å². The molecule has 0 bridgehead atoms. The van der Waals surface area contributed by atoms with E-state index in [1.165, 1.54) is 24.3 Å². The van der Waals surface area contributed by atoms with Gasteiger partial charge in [-0.15, -0.1) is 0 Å². The van der Waals surface area contributed by atoms with E-state index in [2.05, 4.69) is 4.74 Å². The van der Waals surface area contributed by atoms with Gasteiger partial charge in [0.1, 0.15) is 5.75 Å². The van der Waals surface area contributed by atoms with Crippen LogP contribution in [0.15, 0.2) is 24.3 Å². The minimum Gasteiger partial charge on any atom is -0.435 e. The average Bonchev–Trinajstić information content (AvgIpc) is 2.46. The molecule has 21 heavy (non-hydrogen) atoms. The largest absolute Gasteiger partial charge is 0.435 e. The number of hydrogen-bond acceptors (Lipinski definition) is 3. The third-order valence-corrected chi connectivity index (χ3v) is 3.74. The molecule has 4 nitrogen and oxygen atoms in total. The maximum Gasteiger partial charge on any atom is 0.387 e. The number of likely N-dealkylation sites (tertiary alicyclic amines) is 1. The second-order valence-corrected chi connectivity index (χ2v) is 5.32. The number of halogens is 2. The van der Waals surface area contributed by atoms with E-state index in [9.17, 15) is 13.6 Å². The summed E-state index contributed by atoms with van der Waals surface area (Å²) >= 11 is 0. The summed E-state index contributed by atoms with van der Waals surface area (Å²) in [6.45, 7) is -0.285. The molecule has 1 aromatic carbocycles. The number of rotatable bonds is 4. The van der Waals surface area contributed by atoms with Gasteiger partial charge < -0.3 is 15.4 Å². The van der Waals surface area contributed by atoms with Crippen molar-refractivity contribution in [2.24, 2.45) is 5.73 Å². The van der Waals surface area contributed by atoms with Crippen LogP contribution in [0, 0.1) is 0 Å². The van der Waals surface area contributed by atoms with Crippen molar-refractivity contribution in [3.05, 3.63) is 29.8 Å². The van der Waals surface area contributed by atoms with Crippen LogP contribution in [0.1, 0.15) is 36.5 Å². The topological polar surface area (TPSA) is 55.6 Å². The third-order valence-electron chi connectivity index (χ3n) is 3.74. The van der Waals surface area contributed by atoms with E-state index in [0.717, 1.165) is 19.3 Å². The van der Waals surface area contributed by atoms with Crippen LogP contribution in [-0.2, 0) is 0 Å². The lowest BCUT2D eigenvalue weighted by Crippen LogP contribution is -2.51. The van der Waals surface area contributed by atoms with Crippen molar-refractivity contribution < 1.29 is 18.3 Å². The van der Waals surface area contributed by atoms with Gasteiger partial charge in [0.2, 0.25) is 0 Å². The fraction of sp³-hybridized carbons (Fsp3) is 0.533. The molecular formula is C15H20F2N2O2. The number of amides is 1. The van der Waals surface area contributed by atoms with Gasteiger partial charge >= 0.3 is 6.61 Å². The van der Waals surface area contributed by atoms with Crippen LogP contribution in [-0.4, -0.2) is 36.0 Å². The molecule has 0 aliphatic carbocycles. The Bertz CT molecular complexity index is 477. The molecule has 1 saturated heterocycles. The number of hydrogen-bond donors (Lipinski definition) is 1. The molecule has 0 saturated carbocycles. The molecule has 1 aliphatic heterocycles. The lowest BCUT2D eigenvalue weighted by Gasteiger charge is -2.38. The lowest BCUT2D eigenvalue weighted by atomic mass is 9.96. The lowest BCUT2D eigenvalue weighted by molar-refractivity contribution is -0.0498. The summed E-state index contributed by atoms with van der Waals surface area (Å²) in [7, 11) is 0. The second-order valence-electron chi connectivity index (χ2n) is 5.32. The van der Waals surface area contributed by atoms with E-state index >= 15 is 0 Å². The highest BCUT2D eigenvalue weighted by molar-refractivity contribution is 5.94. The molecule has 2 N–H and O–H groups in total. The van der Waals surface area contributed by atoms with Crippen LogP contribution in [0.5, 0.6) is 5.75 Å². The Kier molecular flexibility index (Phi) is 5.12. The number of ether oxygens (including phenoxy) is 1. The molecule has 2 atom stereocenters. The summed E-state index contributed by atoms with van der Waals surface area (Å²) in [6.07, 6.45) is 2.93. The predicted octanol–water partition coefficient (Wildman–Crippen LogP) is 2.63. The number of nitrogens with two attached hydrogens (primary N) is 1. The summed E-state index contributed by atoms with van der Waals surface area (Å²) in [5, 5.41) is 0. The maximum absolute atomic E-state index is 12.5. The van der Waals surface area contributed by atoms with Crippen LogP contribution in [0.3, 0.4) is 0 Å². The summed E-state index contributed by atoms with van der Waals surface area (Å²) in [4.78, 5) is 14.3. The first kappa shape index (κ1) is 15.7. The molecule has 0 radical (unpaired) electrons. The molecule has 1 fully saturated rings. The van der Waals surface area contributed by atoms with E-state index in [1.807, 2.05) is 6.92 Å². The molecule has 1 heterocycles. The van der Waals surface area contributed by atoms with E-state index in [4.69, 9.17) is 5.73 Å². The molecular weight excluding hydrogens is 278 g/mol. The van der Waals surface area contributed by atoms with Crippen molar-refractivity contribution in [3.63, 3.8) is 0 Å². The zero-order valence-electron chi connectivity index (χ0n) is 12.0. The van der Waals surface area contributed by atoms with Crippen LogP contribution in [0.4, 0.5) is 8.78 Å². The first-order valence-corrected chi connectivity index (χ1v) is 7.10. The van der Waals surface area contributed by atoms with E-state index in [-0.39, 0.29) is 23.7 Å². The number of piperidine rings is 1. The Morgan fingerprint density at radius 2 is 2.00 bits per heavy atom. The SMILES string of the molecule is CC(N)C1CCCCN1C(=O)c1ccc(OC(F)F)cc1. The van der Waals surface area contributed by atoms with Crippen molar-refractivity contribution in [2.45, 2.75) is 44.9 Å². The minimum atomic E-state index is -2.86. The summed E-state index contributed by atoms with van der Waals surface area (Å²) in [5.74, 6) is -0.0652. The second kappa shape index (κ2) is 6.85. The standard InChI is InChI=1S/C15H20F2N2O2/c1-10(18)13-4-2-3-9-19(13)14(20)11-5-7-12(8-6-11)21-15(16)17/h5-8,10,13,15H,2-4,9,18H2,1H3. The fourth-order valence-corrected chi connectivity index (χ4v) is 2.70. The highest BCUT2D eigenvalue weighted by atomic mass is 19.3. The molecule has 1 aromatic rings. The molecule has 0 spiro atoms. The number of benzene rings is 1. The molecule has 6 heteroatoms. The first-order chi connectivity index (χ1) is 9.99. The third kappa shape index (κ3) is 3.91. The predicted molar refractivity (Wildman–Crippen MR) is 75.4 cm³/mol. The summed E-state index contributed by atoms with van der Waals surface area (Å²) < 4.78 is 28.5. The number of carbonyl (C=O) groups excluding carboxylic acids is 1. The molecule has 2 rings (SSSR count). The zero-order chi connectivity index (χ0) is 15.4. The molecule has 0 aromatic heterocycles. The van der Waals surface area contributed by atoms with E-state index in [0.29, 0.717) is 12.1 Å². The van der Waals surface area contributed by atoms with Gasteiger partial charge in [0, 0.05) is 24.2 Å². The Balaban J connectivity index is 2.11. The van der Waals surface area contributed by atoms with Crippen LogP contribution < -0.4 is 10.5 Å². The van der Waals surface area contributed by atoms with Gasteiger partial charge in [-0.05, 0) is 50.5 Å². The van der Waals surface area contributed by atoms with Gasteiger partial charge in [-0.1, -0.05) is 0 Å². The van der Waals surface area contributed by atoms with Gasteiger partial charge in [-0.25, -0.2) is 0 Å². The van der Waals surface area contributed by atoms with Gasteiger partial charge in [0.05, 0.1) is 0 Å². The average molecular weight is 298 g/mol. The van der Waals surface area contributed by atoms with E-state index < -0.39 is 6.61 Å². The van der Waals surface area contributed by atoms with Crippen molar-refractivity contribution in [2.75, 3.05) is 6.54 Å². The number of carbonyl (C=O) groups is 1. The molecule has 116 valence electrons. The fourth-order valence-electron chi connectivity index (χ4n) is 2.70. The Morgan fingerprint density at radius 1 is 1.33 bits per heavy atom. The minimum absolute atomic E-state index is 0.0308. The zero-order valence-corrected chi connectivity index (χ0v) is 12.0. The van der Waals surface area contributed by atoms with Crippen LogP contribution in [0.2, 0.25) is 0 Å². The van der Waals surface area contributed by atoms with Crippen molar-refractivity contribution >= 4 is 5.91 Å². The Labute approximate surface area is 122 Å². The van der Waals surface area contributed by atoms with Crippen LogP contribution >= 0.6 is 0 Å². The first-order valence-electron chi connectivity index (χ1n) is 7.10. The normalized spacial score (nSPS) is 20.4. The van der Waals surface area contributed by atoms with Gasteiger partial charge in [-0.3, -0.25) is 4.79 Å². The van der Waals surface area contributed by atoms with Gasteiger partial charge in [0.25, 0.3) is 5.91 Å².